The third-order valence-corrected chi connectivity index (χ3v) is 7.62. The summed E-state index contributed by atoms with van der Waals surface area (Å²) >= 11 is 0. The smallest absolute Gasteiger partial charge is 0.456 e. The molecule has 1 atom stereocenters. The first-order valence-electron chi connectivity index (χ1n) is 11.8. The maximum atomic E-state index is 6.31. The van der Waals surface area contributed by atoms with Crippen molar-refractivity contribution in [1.82, 2.24) is 0 Å². The van der Waals surface area contributed by atoms with Gasteiger partial charge in [-0.15, -0.1) is 0 Å². The molecule has 0 amide bonds. The Labute approximate surface area is 195 Å². The first-order valence-corrected chi connectivity index (χ1v) is 11.8. The number of hydrogen-bond donors (Lipinski definition) is 0. The fraction of sp³-hybridized carbons (Fsp3) is 0.310. The molecular weight excluding hydrogens is 407 g/mol. The van der Waals surface area contributed by atoms with Crippen LogP contribution in [-0.4, -0.2) is 18.3 Å². The van der Waals surface area contributed by atoms with Gasteiger partial charge in [-0.25, -0.2) is 0 Å². The molecule has 0 N–H and O–H groups in total. The van der Waals surface area contributed by atoms with Gasteiger partial charge >= 0.3 is 7.12 Å². The molecule has 3 nitrogen and oxygen atoms in total. The Kier molecular flexibility index (Phi) is 4.46. The summed E-state index contributed by atoms with van der Waals surface area (Å²) in [6, 6.07) is 19.5. The Morgan fingerprint density at radius 1 is 0.818 bits per heavy atom. The van der Waals surface area contributed by atoms with E-state index in [1.165, 1.54) is 21.9 Å². The zero-order chi connectivity index (χ0) is 23.0. The first-order chi connectivity index (χ1) is 15.7. The molecule has 3 aromatic carbocycles. The van der Waals surface area contributed by atoms with Gasteiger partial charge in [0.1, 0.15) is 11.2 Å². The van der Waals surface area contributed by atoms with Crippen molar-refractivity contribution in [2.24, 2.45) is 5.92 Å². The Hall–Kier alpha value is -2.82. The molecule has 1 fully saturated rings. The molecule has 6 rings (SSSR count). The van der Waals surface area contributed by atoms with Crippen LogP contribution in [0, 0.1) is 5.92 Å². The molecule has 33 heavy (non-hydrogen) atoms. The predicted octanol–water partition coefficient (Wildman–Crippen LogP) is 6.76. The zero-order valence-corrected chi connectivity index (χ0v) is 19.9. The van der Waals surface area contributed by atoms with Crippen molar-refractivity contribution in [1.29, 1.82) is 0 Å². The molecule has 1 aliphatic carbocycles. The fourth-order valence-corrected chi connectivity index (χ4v) is 4.92. The lowest BCUT2D eigenvalue weighted by molar-refractivity contribution is 0.00578. The highest BCUT2D eigenvalue weighted by Crippen LogP contribution is 2.38. The van der Waals surface area contributed by atoms with E-state index in [0.717, 1.165) is 34.2 Å². The van der Waals surface area contributed by atoms with Gasteiger partial charge in [-0.1, -0.05) is 49.4 Å². The summed E-state index contributed by atoms with van der Waals surface area (Å²) in [5.41, 5.74) is 7.12. The van der Waals surface area contributed by atoms with E-state index in [0.29, 0.717) is 5.92 Å². The van der Waals surface area contributed by atoms with Crippen LogP contribution in [0.25, 0.3) is 39.1 Å². The highest BCUT2D eigenvalue weighted by molar-refractivity contribution is 6.62. The number of allylic oxidation sites excluding steroid dienone is 1. The topological polar surface area (TPSA) is 31.6 Å². The highest BCUT2D eigenvalue weighted by atomic mass is 16.7. The van der Waals surface area contributed by atoms with Gasteiger partial charge in [0.15, 0.2) is 0 Å². The monoisotopic (exact) mass is 436 g/mol. The largest absolute Gasteiger partial charge is 0.494 e. The van der Waals surface area contributed by atoms with Crippen LogP contribution < -0.4 is 5.46 Å². The van der Waals surface area contributed by atoms with Gasteiger partial charge < -0.3 is 13.7 Å². The van der Waals surface area contributed by atoms with E-state index < -0.39 is 0 Å². The minimum absolute atomic E-state index is 0.354. The lowest BCUT2D eigenvalue weighted by Crippen LogP contribution is -2.41. The average molecular weight is 436 g/mol. The Morgan fingerprint density at radius 3 is 2.33 bits per heavy atom. The molecule has 1 saturated heterocycles. The predicted molar refractivity (Wildman–Crippen MR) is 137 cm³/mol. The van der Waals surface area contributed by atoms with Gasteiger partial charge in [-0.3, -0.25) is 0 Å². The van der Waals surface area contributed by atoms with E-state index in [1.807, 2.05) is 0 Å². The van der Waals surface area contributed by atoms with Gasteiger partial charge in [0.05, 0.1) is 11.2 Å². The number of fused-ring (bicyclic) bond motifs is 4. The van der Waals surface area contributed by atoms with Crippen LogP contribution in [0.3, 0.4) is 0 Å². The molecule has 1 aliphatic heterocycles. The molecule has 2 heterocycles. The summed E-state index contributed by atoms with van der Waals surface area (Å²) in [4.78, 5) is 0. The molecule has 4 aromatic rings. The fourth-order valence-electron chi connectivity index (χ4n) is 4.92. The minimum Gasteiger partial charge on any atom is -0.456 e. The van der Waals surface area contributed by atoms with Crippen molar-refractivity contribution >= 4 is 40.6 Å². The third kappa shape index (κ3) is 3.35. The number of benzene rings is 3. The normalized spacial score (nSPS) is 21.1. The van der Waals surface area contributed by atoms with Gasteiger partial charge in [0.2, 0.25) is 0 Å². The Bertz CT molecular complexity index is 1410. The van der Waals surface area contributed by atoms with Crippen LogP contribution in [0.4, 0.5) is 0 Å². The number of hydrogen-bond acceptors (Lipinski definition) is 3. The van der Waals surface area contributed by atoms with Crippen LogP contribution in [-0.2, 0) is 15.7 Å². The third-order valence-electron chi connectivity index (χ3n) is 7.62. The second-order valence-corrected chi connectivity index (χ2v) is 10.6. The van der Waals surface area contributed by atoms with Crippen molar-refractivity contribution in [3.8, 4) is 11.1 Å². The van der Waals surface area contributed by atoms with E-state index in [2.05, 4.69) is 101 Å². The van der Waals surface area contributed by atoms with Crippen molar-refractivity contribution in [2.45, 2.75) is 52.2 Å². The second-order valence-electron chi connectivity index (χ2n) is 10.6. The summed E-state index contributed by atoms with van der Waals surface area (Å²) in [5, 5.41) is 2.37. The van der Waals surface area contributed by atoms with E-state index in [4.69, 9.17) is 13.7 Å². The van der Waals surface area contributed by atoms with E-state index in [9.17, 15) is 0 Å². The molecule has 0 spiro atoms. The molecule has 1 unspecified atom stereocenters. The van der Waals surface area contributed by atoms with Crippen molar-refractivity contribution in [2.75, 3.05) is 0 Å². The zero-order valence-electron chi connectivity index (χ0n) is 19.9. The number of furan rings is 1. The van der Waals surface area contributed by atoms with Crippen molar-refractivity contribution in [3.05, 3.63) is 71.8 Å². The van der Waals surface area contributed by atoms with Gasteiger partial charge in [0.25, 0.3) is 0 Å². The number of rotatable bonds is 2. The second kappa shape index (κ2) is 7.09. The summed E-state index contributed by atoms with van der Waals surface area (Å²) in [6.07, 6.45) is 5.59. The van der Waals surface area contributed by atoms with E-state index in [1.54, 1.807) is 0 Å². The molecule has 4 heteroatoms. The molecular formula is C29H29BO3. The van der Waals surface area contributed by atoms with Crippen LogP contribution in [0.15, 0.2) is 65.1 Å². The molecule has 0 saturated carbocycles. The maximum Gasteiger partial charge on any atom is 0.494 e. The summed E-state index contributed by atoms with van der Waals surface area (Å²) in [7, 11) is -0.369. The average Bonchev–Trinajstić information content (AvgIpc) is 3.24. The van der Waals surface area contributed by atoms with Gasteiger partial charge in [-0.2, -0.15) is 0 Å². The standard InChI is InChI=1S/C29H29BO3/c1-18-9-10-21-17-27-25(15-22(21)13-18)24-12-11-20(16-26(24)31-27)19-7-6-8-23(14-19)30-32-28(2,3)29(4,5)33-30/h6-12,14-18H,13H2,1-5H3. The summed E-state index contributed by atoms with van der Waals surface area (Å²) < 4.78 is 18.8. The maximum absolute atomic E-state index is 6.31. The first kappa shape index (κ1) is 20.8. The van der Waals surface area contributed by atoms with Gasteiger partial charge in [-0.05, 0) is 92.0 Å². The molecule has 0 radical (unpaired) electrons. The van der Waals surface area contributed by atoms with Crippen molar-refractivity contribution in [3.63, 3.8) is 0 Å². The van der Waals surface area contributed by atoms with Crippen LogP contribution >= 0.6 is 0 Å². The lowest BCUT2D eigenvalue weighted by atomic mass is 9.78. The van der Waals surface area contributed by atoms with Crippen LogP contribution in [0.2, 0.25) is 0 Å². The quantitative estimate of drug-likeness (QED) is 0.326. The van der Waals surface area contributed by atoms with Crippen LogP contribution in [0.5, 0.6) is 0 Å². The molecule has 0 bridgehead atoms. The van der Waals surface area contributed by atoms with Crippen LogP contribution in [0.1, 0.15) is 45.7 Å². The Balaban J connectivity index is 1.38. The van der Waals surface area contributed by atoms with E-state index in [-0.39, 0.29) is 18.3 Å². The molecule has 1 aromatic heterocycles. The molecule has 166 valence electrons. The molecule has 2 aliphatic rings. The lowest BCUT2D eigenvalue weighted by Gasteiger charge is -2.32. The SMILES string of the molecule is CC1C=Cc2cc3oc4cc(-c5cccc(B6OC(C)(C)C(C)(C)O6)c5)ccc4c3cc2C1. The van der Waals surface area contributed by atoms with E-state index >= 15 is 0 Å². The Morgan fingerprint density at radius 2 is 1.55 bits per heavy atom. The highest BCUT2D eigenvalue weighted by Gasteiger charge is 2.51. The summed E-state index contributed by atoms with van der Waals surface area (Å²) in [5.74, 6) is 0.580. The van der Waals surface area contributed by atoms with Crippen molar-refractivity contribution < 1.29 is 13.7 Å². The summed E-state index contributed by atoms with van der Waals surface area (Å²) in [6.45, 7) is 10.6. The minimum atomic E-state index is -0.369. The van der Waals surface area contributed by atoms with Gasteiger partial charge in [0, 0.05) is 10.8 Å².